The normalized spacial score (nSPS) is 10.6. The molecular weight excluding hydrogens is 432 g/mol. The van der Waals surface area contributed by atoms with Gasteiger partial charge in [-0.25, -0.2) is 4.79 Å². The van der Waals surface area contributed by atoms with Crippen LogP contribution in [0.4, 0.5) is 0 Å². The zero-order valence-corrected chi connectivity index (χ0v) is 18.5. The summed E-state index contributed by atoms with van der Waals surface area (Å²) in [5.74, 6) is 0.740. The second kappa shape index (κ2) is 10.5. The molecule has 0 heterocycles. The molecule has 0 fully saturated rings. The van der Waals surface area contributed by atoms with E-state index in [1.54, 1.807) is 73.8 Å². The smallest absolute Gasteiger partial charge is 0.345 e. The highest BCUT2D eigenvalue weighted by molar-refractivity contribution is 6.33. The SMILES string of the molecule is COc1ccc(C(=O)C=Cc2ccc(OC(=O)c3ccccc3Cl)c(OC)c2)c(OC)c1. The van der Waals surface area contributed by atoms with Crippen LogP contribution in [0.5, 0.6) is 23.0 Å². The zero-order chi connectivity index (χ0) is 23.1. The number of carbonyl (C=O) groups excluding carboxylic acids is 2. The quantitative estimate of drug-likeness (QED) is 0.195. The Hall–Kier alpha value is -3.77. The number of ketones is 1. The van der Waals surface area contributed by atoms with Crippen molar-refractivity contribution in [2.45, 2.75) is 0 Å². The number of allylic oxidation sites excluding steroid dienone is 1. The van der Waals surface area contributed by atoms with E-state index >= 15 is 0 Å². The first-order valence-electron chi connectivity index (χ1n) is 9.56. The molecule has 32 heavy (non-hydrogen) atoms. The molecule has 0 spiro atoms. The van der Waals surface area contributed by atoms with Gasteiger partial charge in [-0.3, -0.25) is 4.79 Å². The lowest BCUT2D eigenvalue weighted by molar-refractivity contribution is 0.0729. The molecule has 0 bridgehead atoms. The lowest BCUT2D eigenvalue weighted by atomic mass is 10.1. The van der Waals surface area contributed by atoms with Crippen LogP contribution in [0.1, 0.15) is 26.3 Å². The lowest BCUT2D eigenvalue weighted by Crippen LogP contribution is -2.09. The Balaban J connectivity index is 1.79. The van der Waals surface area contributed by atoms with Gasteiger partial charge < -0.3 is 18.9 Å². The van der Waals surface area contributed by atoms with Crippen molar-refractivity contribution in [1.29, 1.82) is 0 Å². The standard InChI is InChI=1S/C25H21ClO6/c1-29-17-10-11-19(23(15-17)30-2)21(27)12-8-16-9-13-22(24(14-16)31-3)32-25(28)18-6-4-5-7-20(18)26/h4-15H,1-3H3. The highest BCUT2D eigenvalue weighted by Gasteiger charge is 2.15. The number of benzene rings is 3. The summed E-state index contributed by atoms with van der Waals surface area (Å²) in [5, 5.41) is 0.295. The van der Waals surface area contributed by atoms with Gasteiger partial charge >= 0.3 is 5.97 Å². The first kappa shape index (κ1) is 22.9. The Morgan fingerprint density at radius 3 is 2.22 bits per heavy atom. The van der Waals surface area contributed by atoms with Crippen molar-refractivity contribution in [1.82, 2.24) is 0 Å². The number of carbonyl (C=O) groups is 2. The van der Waals surface area contributed by atoms with Gasteiger partial charge in [-0.05, 0) is 48.0 Å². The molecule has 3 aromatic rings. The molecule has 0 unspecified atom stereocenters. The van der Waals surface area contributed by atoms with Crippen LogP contribution >= 0.6 is 11.6 Å². The molecule has 0 amide bonds. The van der Waals surface area contributed by atoms with E-state index in [9.17, 15) is 9.59 Å². The molecule has 0 saturated heterocycles. The van der Waals surface area contributed by atoms with Crippen molar-refractivity contribution in [3.63, 3.8) is 0 Å². The number of hydrogen-bond acceptors (Lipinski definition) is 6. The van der Waals surface area contributed by atoms with Crippen LogP contribution in [0, 0.1) is 0 Å². The van der Waals surface area contributed by atoms with Gasteiger partial charge in [-0.1, -0.05) is 35.9 Å². The van der Waals surface area contributed by atoms with Crippen LogP contribution in [0.15, 0.2) is 66.7 Å². The largest absolute Gasteiger partial charge is 0.497 e. The Morgan fingerprint density at radius 2 is 1.53 bits per heavy atom. The third kappa shape index (κ3) is 5.28. The fourth-order valence-electron chi connectivity index (χ4n) is 2.92. The second-order valence-electron chi connectivity index (χ2n) is 6.54. The molecule has 0 N–H and O–H groups in total. The molecule has 0 atom stereocenters. The topological polar surface area (TPSA) is 71.1 Å². The molecule has 0 aliphatic carbocycles. The van der Waals surface area contributed by atoms with Crippen molar-refractivity contribution in [2.75, 3.05) is 21.3 Å². The minimum Gasteiger partial charge on any atom is -0.497 e. The minimum atomic E-state index is -0.598. The first-order chi connectivity index (χ1) is 15.5. The fourth-order valence-corrected chi connectivity index (χ4v) is 3.13. The molecule has 164 valence electrons. The number of esters is 1. The molecule has 3 rings (SSSR count). The molecule has 0 saturated carbocycles. The highest BCUT2D eigenvalue weighted by atomic mass is 35.5. The van der Waals surface area contributed by atoms with Gasteiger partial charge in [0.25, 0.3) is 0 Å². The third-order valence-electron chi connectivity index (χ3n) is 4.59. The summed E-state index contributed by atoms with van der Waals surface area (Å²) in [7, 11) is 4.49. The molecule has 7 heteroatoms. The van der Waals surface area contributed by atoms with Crippen LogP contribution < -0.4 is 18.9 Å². The molecular formula is C25H21ClO6. The van der Waals surface area contributed by atoms with Crippen LogP contribution in [0.2, 0.25) is 5.02 Å². The fraction of sp³-hybridized carbons (Fsp3) is 0.120. The maximum atomic E-state index is 12.6. The van der Waals surface area contributed by atoms with Gasteiger partial charge in [-0.2, -0.15) is 0 Å². The van der Waals surface area contributed by atoms with E-state index < -0.39 is 5.97 Å². The van der Waals surface area contributed by atoms with Crippen LogP contribution in [-0.4, -0.2) is 33.1 Å². The minimum absolute atomic E-state index is 0.234. The number of rotatable bonds is 8. The summed E-state index contributed by atoms with van der Waals surface area (Å²) >= 11 is 6.06. The van der Waals surface area contributed by atoms with Crippen LogP contribution in [0.3, 0.4) is 0 Å². The number of ether oxygens (including phenoxy) is 4. The average molecular weight is 453 g/mol. The number of methoxy groups -OCH3 is 3. The second-order valence-corrected chi connectivity index (χ2v) is 6.95. The molecule has 3 aromatic carbocycles. The van der Waals surface area contributed by atoms with Crippen molar-refractivity contribution in [2.24, 2.45) is 0 Å². The van der Waals surface area contributed by atoms with E-state index in [0.29, 0.717) is 33.4 Å². The summed E-state index contributed by atoms with van der Waals surface area (Å²) in [6.45, 7) is 0. The molecule has 0 aliphatic heterocycles. The molecule has 0 radical (unpaired) electrons. The predicted octanol–water partition coefficient (Wildman–Crippen LogP) is 5.48. The monoisotopic (exact) mass is 452 g/mol. The van der Waals surface area contributed by atoms with Gasteiger partial charge in [-0.15, -0.1) is 0 Å². The Bertz CT molecular complexity index is 1170. The number of halogens is 1. The summed E-state index contributed by atoms with van der Waals surface area (Å²) in [6.07, 6.45) is 3.06. The Labute approximate surface area is 190 Å². The lowest BCUT2D eigenvalue weighted by Gasteiger charge is -2.11. The third-order valence-corrected chi connectivity index (χ3v) is 4.92. The predicted molar refractivity (Wildman–Crippen MR) is 122 cm³/mol. The molecule has 0 aromatic heterocycles. The van der Waals surface area contributed by atoms with E-state index in [0.717, 1.165) is 0 Å². The molecule has 6 nitrogen and oxygen atoms in total. The van der Waals surface area contributed by atoms with Crippen LogP contribution in [-0.2, 0) is 0 Å². The van der Waals surface area contributed by atoms with E-state index in [4.69, 9.17) is 30.5 Å². The first-order valence-corrected chi connectivity index (χ1v) is 9.93. The molecule has 0 aliphatic rings. The van der Waals surface area contributed by atoms with E-state index in [-0.39, 0.29) is 17.1 Å². The van der Waals surface area contributed by atoms with Crippen molar-refractivity contribution in [3.05, 3.63) is 88.5 Å². The Kier molecular flexibility index (Phi) is 7.52. The maximum absolute atomic E-state index is 12.6. The van der Waals surface area contributed by atoms with Crippen molar-refractivity contribution in [3.8, 4) is 23.0 Å². The Morgan fingerprint density at radius 1 is 0.781 bits per heavy atom. The zero-order valence-electron chi connectivity index (χ0n) is 17.8. The van der Waals surface area contributed by atoms with Crippen molar-refractivity contribution < 1.29 is 28.5 Å². The van der Waals surface area contributed by atoms with Gasteiger partial charge in [0.15, 0.2) is 17.3 Å². The van der Waals surface area contributed by atoms with E-state index in [1.165, 1.54) is 20.3 Å². The van der Waals surface area contributed by atoms with Crippen molar-refractivity contribution >= 4 is 29.4 Å². The summed E-state index contributed by atoms with van der Waals surface area (Å²) < 4.78 is 21.2. The van der Waals surface area contributed by atoms with E-state index in [2.05, 4.69) is 0 Å². The number of hydrogen-bond donors (Lipinski definition) is 0. The summed E-state index contributed by atoms with van der Waals surface area (Å²) in [4.78, 5) is 25.1. The van der Waals surface area contributed by atoms with Gasteiger partial charge in [0.05, 0.1) is 37.5 Å². The van der Waals surface area contributed by atoms with Gasteiger partial charge in [0.2, 0.25) is 0 Å². The maximum Gasteiger partial charge on any atom is 0.345 e. The van der Waals surface area contributed by atoms with Crippen LogP contribution in [0.25, 0.3) is 6.08 Å². The summed E-state index contributed by atoms with van der Waals surface area (Å²) in [6, 6.07) is 16.5. The van der Waals surface area contributed by atoms with Gasteiger partial charge in [0, 0.05) is 6.07 Å². The summed E-state index contributed by atoms with van der Waals surface area (Å²) in [5.41, 5.74) is 1.33. The highest BCUT2D eigenvalue weighted by Crippen LogP contribution is 2.30. The van der Waals surface area contributed by atoms with E-state index in [1.807, 2.05) is 0 Å². The van der Waals surface area contributed by atoms with Gasteiger partial charge in [0.1, 0.15) is 11.5 Å². The average Bonchev–Trinajstić information content (AvgIpc) is 2.82.